The van der Waals surface area contributed by atoms with Gasteiger partial charge >= 0.3 is 0 Å². The van der Waals surface area contributed by atoms with Crippen molar-refractivity contribution >= 4 is 22.6 Å². The van der Waals surface area contributed by atoms with Gasteiger partial charge in [0, 0.05) is 11.1 Å². The third kappa shape index (κ3) is 3.55. The zero-order valence-electron chi connectivity index (χ0n) is 15.4. The topological polar surface area (TPSA) is 59.8 Å². The fraction of sp³-hybridized carbons (Fsp3) is 0.350. The van der Waals surface area contributed by atoms with E-state index >= 15 is 0 Å². The van der Waals surface area contributed by atoms with Crippen molar-refractivity contribution in [3.8, 4) is 0 Å². The summed E-state index contributed by atoms with van der Waals surface area (Å²) in [6, 6.07) is 13.4. The van der Waals surface area contributed by atoms with Gasteiger partial charge in [-0.15, -0.1) is 0 Å². The van der Waals surface area contributed by atoms with E-state index in [2.05, 4.69) is 50.0 Å². The minimum Gasteiger partial charge on any atom is -0.305 e. The number of amides is 1. The Morgan fingerprint density at radius 2 is 1.84 bits per heavy atom. The Morgan fingerprint density at radius 1 is 1.12 bits per heavy atom. The van der Waals surface area contributed by atoms with E-state index in [1.54, 1.807) is 0 Å². The molecular weight excluding hydrogens is 312 g/mol. The van der Waals surface area contributed by atoms with Crippen LogP contribution in [0.3, 0.4) is 0 Å². The molecule has 0 aliphatic rings. The van der Waals surface area contributed by atoms with E-state index in [0.717, 1.165) is 16.6 Å². The minimum absolute atomic E-state index is 0.181. The van der Waals surface area contributed by atoms with Crippen molar-refractivity contribution in [2.45, 2.75) is 46.1 Å². The van der Waals surface area contributed by atoms with Crippen LogP contribution in [0.5, 0.6) is 0 Å². The molecule has 130 valence electrons. The molecule has 5 nitrogen and oxygen atoms in total. The van der Waals surface area contributed by atoms with Gasteiger partial charge in [-0.05, 0) is 51.0 Å². The van der Waals surface area contributed by atoms with Crippen LogP contribution in [0.1, 0.15) is 56.7 Å². The fourth-order valence-corrected chi connectivity index (χ4v) is 2.77. The lowest BCUT2D eigenvalue weighted by Crippen LogP contribution is -2.26. The van der Waals surface area contributed by atoms with Gasteiger partial charge in [0.1, 0.15) is 5.82 Å². The van der Waals surface area contributed by atoms with Gasteiger partial charge in [0.2, 0.25) is 0 Å². The highest BCUT2D eigenvalue weighted by Crippen LogP contribution is 2.24. The van der Waals surface area contributed by atoms with Crippen LogP contribution in [0.2, 0.25) is 0 Å². The Labute approximate surface area is 148 Å². The standard InChI is InChI=1S/C20H24N4O/c1-13(2)17-12-16(23-24(17)20(3,4)5)19(25)22-18-11-10-14-8-6-7-9-15(14)21-18/h6-13H,1-5H3,(H,21,22,25). The molecule has 0 bridgehead atoms. The molecule has 1 aromatic carbocycles. The third-order valence-electron chi connectivity index (χ3n) is 4.04. The van der Waals surface area contributed by atoms with E-state index in [0.29, 0.717) is 11.5 Å². The number of pyridine rings is 1. The van der Waals surface area contributed by atoms with Crippen LogP contribution in [-0.2, 0) is 5.54 Å². The summed E-state index contributed by atoms with van der Waals surface area (Å²) in [6.07, 6.45) is 0. The zero-order valence-corrected chi connectivity index (χ0v) is 15.4. The van der Waals surface area contributed by atoms with Gasteiger partial charge in [-0.3, -0.25) is 9.48 Å². The first kappa shape index (κ1) is 17.1. The molecule has 3 aromatic rings. The summed E-state index contributed by atoms with van der Waals surface area (Å²) in [5, 5.41) is 8.43. The SMILES string of the molecule is CC(C)c1cc(C(=O)Nc2ccc3ccccc3n2)nn1C(C)(C)C. The van der Waals surface area contributed by atoms with Crippen LogP contribution >= 0.6 is 0 Å². The van der Waals surface area contributed by atoms with Crippen molar-refractivity contribution in [2.24, 2.45) is 0 Å². The number of carbonyl (C=O) groups excluding carboxylic acids is 1. The van der Waals surface area contributed by atoms with Crippen molar-refractivity contribution < 1.29 is 4.79 Å². The van der Waals surface area contributed by atoms with Crippen molar-refractivity contribution in [3.05, 3.63) is 53.9 Å². The first-order valence-corrected chi connectivity index (χ1v) is 8.53. The van der Waals surface area contributed by atoms with E-state index in [9.17, 15) is 4.79 Å². The normalized spacial score (nSPS) is 11.9. The molecule has 0 unspecified atom stereocenters. The molecule has 0 saturated carbocycles. The number of anilines is 1. The molecule has 3 rings (SSSR count). The molecule has 0 aliphatic carbocycles. The second-order valence-corrected chi connectivity index (χ2v) is 7.54. The minimum atomic E-state index is -0.243. The molecule has 0 saturated heterocycles. The maximum absolute atomic E-state index is 12.6. The lowest BCUT2D eigenvalue weighted by Gasteiger charge is -2.23. The van der Waals surface area contributed by atoms with Gasteiger partial charge in [-0.2, -0.15) is 5.10 Å². The maximum Gasteiger partial charge on any atom is 0.277 e. The predicted octanol–water partition coefficient (Wildman–Crippen LogP) is 4.56. The molecule has 0 radical (unpaired) electrons. The maximum atomic E-state index is 12.6. The zero-order chi connectivity index (χ0) is 18.2. The van der Waals surface area contributed by atoms with Crippen LogP contribution < -0.4 is 5.32 Å². The molecule has 0 fully saturated rings. The molecule has 0 atom stereocenters. The van der Waals surface area contributed by atoms with Gasteiger partial charge in [-0.1, -0.05) is 32.0 Å². The summed E-state index contributed by atoms with van der Waals surface area (Å²) in [5.41, 5.74) is 2.13. The largest absolute Gasteiger partial charge is 0.305 e. The number of hydrogen-bond donors (Lipinski definition) is 1. The Bertz CT molecular complexity index is 919. The summed E-state index contributed by atoms with van der Waals surface area (Å²) >= 11 is 0. The lowest BCUT2D eigenvalue weighted by atomic mass is 10.1. The molecule has 1 amide bonds. The van der Waals surface area contributed by atoms with Crippen molar-refractivity contribution in [1.82, 2.24) is 14.8 Å². The molecule has 25 heavy (non-hydrogen) atoms. The van der Waals surface area contributed by atoms with Crippen LogP contribution in [-0.4, -0.2) is 20.7 Å². The smallest absolute Gasteiger partial charge is 0.277 e. The number of para-hydroxylation sites is 1. The number of benzene rings is 1. The van der Waals surface area contributed by atoms with E-state index < -0.39 is 0 Å². The van der Waals surface area contributed by atoms with Crippen LogP contribution in [0.25, 0.3) is 10.9 Å². The second kappa shape index (κ2) is 6.31. The van der Waals surface area contributed by atoms with E-state index in [4.69, 9.17) is 0 Å². The van der Waals surface area contributed by atoms with Gasteiger partial charge in [0.05, 0.1) is 11.1 Å². The summed E-state index contributed by atoms with van der Waals surface area (Å²) in [6.45, 7) is 10.5. The average molecular weight is 336 g/mol. The molecule has 2 heterocycles. The molecular formula is C20H24N4O. The number of carbonyl (C=O) groups is 1. The molecule has 5 heteroatoms. The van der Waals surface area contributed by atoms with Crippen LogP contribution in [0.15, 0.2) is 42.5 Å². The van der Waals surface area contributed by atoms with E-state index in [-0.39, 0.29) is 17.4 Å². The molecule has 0 spiro atoms. The monoisotopic (exact) mass is 336 g/mol. The van der Waals surface area contributed by atoms with Crippen LogP contribution in [0.4, 0.5) is 5.82 Å². The third-order valence-corrected chi connectivity index (χ3v) is 4.04. The quantitative estimate of drug-likeness (QED) is 0.762. The molecule has 0 aliphatic heterocycles. The van der Waals surface area contributed by atoms with Crippen molar-refractivity contribution in [3.63, 3.8) is 0 Å². The Balaban J connectivity index is 1.90. The predicted molar refractivity (Wildman–Crippen MR) is 101 cm³/mol. The van der Waals surface area contributed by atoms with E-state index in [1.165, 1.54) is 0 Å². The number of hydrogen-bond acceptors (Lipinski definition) is 3. The Hall–Kier alpha value is -2.69. The summed E-state index contributed by atoms with van der Waals surface area (Å²) < 4.78 is 1.93. The molecule has 2 aromatic heterocycles. The summed E-state index contributed by atoms with van der Waals surface area (Å²) in [4.78, 5) is 17.1. The second-order valence-electron chi connectivity index (χ2n) is 7.54. The van der Waals surface area contributed by atoms with Gasteiger partial charge in [-0.25, -0.2) is 4.98 Å². The highest BCUT2D eigenvalue weighted by molar-refractivity contribution is 6.02. The fourth-order valence-electron chi connectivity index (χ4n) is 2.77. The summed E-state index contributed by atoms with van der Waals surface area (Å²) in [7, 11) is 0. The average Bonchev–Trinajstić information content (AvgIpc) is 3.01. The number of nitrogens with one attached hydrogen (secondary N) is 1. The van der Waals surface area contributed by atoms with Gasteiger partial charge in [0.15, 0.2) is 5.69 Å². The van der Waals surface area contributed by atoms with Gasteiger partial charge < -0.3 is 5.32 Å². The van der Waals surface area contributed by atoms with Crippen molar-refractivity contribution in [1.29, 1.82) is 0 Å². The Kier molecular flexibility index (Phi) is 4.33. The summed E-state index contributed by atoms with van der Waals surface area (Å²) in [5.74, 6) is 0.569. The van der Waals surface area contributed by atoms with Gasteiger partial charge in [0.25, 0.3) is 5.91 Å². The first-order chi connectivity index (χ1) is 11.8. The lowest BCUT2D eigenvalue weighted by molar-refractivity contribution is 0.102. The van der Waals surface area contributed by atoms with Crippen molar-refractivity contribution in [2.75, 3.05) is 5.32 Å². The highest BCUT2D eigenvalue weighted by atomic mass is 16.2. The number of fused-ring (bicyclic) bond motifs is 1. The van der Waals surface area contributed by atoms with E-state index in [1.807, 2.05) is 47.1 Å². The molecule has 1 N–H and O–H groups in total. The number of aromatic nitrogens is 3. The first-order valence-electron chi connectivity index (χ1n) is 8.53. The number of rotatable bonds is 3. The highest BCUT2D eigenvalue weighted by Gasteiger charge is 2.23. The van der Waals surface area contributed by atoms with Crippen LogP contribution in [0, 0.1) is 0 Å². The number of nitrogens with zero attached hydrogens (tertiary/aromatic N) is 3. The Morgan fingerprint density at radius 3 is 2.48 bits per heavy atom.